The number of rotatable bonds is 67. The Balaban J connectivity index is 4.22. The van der Waals surface area contributed by atoms with E-state index in [-0.39, 0.29) is 31.1 Å². The molecule has 0 fully saturated rings. The van der Waals surface area contributed by atoms with E-state index in [2.05, 4.69) is 93.7 Å². The first-order valence-corrected chi connectivity index (χ1v) is 36.4. The Morgan fingerprint density at radius 3 is 0.747 bits per heavy atom. The third kappa shape index (κ3) is 69.5. The summed E-state index contributed by atoms with van der Waals surface area (Å²) >= 11 is 0. The maximum absolute atomic E-state index is 13.0. The Labute approximate surface area is 516 Å². The molecule has 0 radical (unpaired) electrons. The first-order chi connectivity index (χ1) is 41.0. The summed E-state index contributed by atoms with van der Waals surface area (Å²) in [5, 5.41) is 0. The van der Waals surface area contributed by atoms with E-state index < -0.39 is 6.10 Å². The van der Waals surface area contributed by atoms with Gasteiger partial charge in [-0.2, -0.15) is 0 Å². The van der Waals surface area contributed by atoms with Crippen LogP contribution in [0, 0.1) is 0 Å². The van der Waals surface area contributed by atoms with Crippen LogP contribution in [-0.4, -0.2) is 37.2 Å². The summed E-state index contributed by atoms with van der Waals surface area (Å²) in [5.41, 5.74) is 0. The monoisotopic (exact) mass is 1160 g/mol. The molecule has 0 aromatic rings. The molecule has 1 atom stereocenters. The van der Waals surface area contributed by atoms with E-state index in [9.17, 15) is 14.4 Å². The first kappa shape index (κ1) is 79.8. The molecule has 0 N–H and O–H groups in total. The van der Waals surface area contributed by atoms with Gasteiger partial charge in [0.2, 0.25) is 0 Å². The van der Waals surface area contributed by atoms with Crippen LogP contribution in [0.2, 0.25) is 0 Å². The van der Waals surface area contributed by atoms with Crippen LogP contribution < -0.4 is 0 Å². The third-order valence-electron chi connectivity index (χ3n) is 16.2. The molecule has 0 aliphatic rings. The lowest BCUT2D eigenvalue weighted by molar-refractivity contribution is -0.167. The number of hydrogen-bond acceptors (Lipinski definition) is 6. The molecule has 0 aromatic carbocycles. The summed E-state index contributed by atoms with van der Waals surface area (Å²) in [4.78, 5) is 38.5. The van der Waals surface area contributed by atoms with E-state index in [4.69, 9.17) is 14.2 Å². The number of ether oxygens (including phenoxy) is 3. The van der Waals surface area contributed by atoms with E-state index >= 15 is 0 Å². The van der Waals surface area contributed by atoms with Gasteiger partial charge in [0.15, 0.2) is 6.10 Å². The maximum Gasteiger partial charge on any atom is 0.306 e. The molecule has 0 aliphatic carbocycles. The number of allylic oxidation sites excluding steroid dienone is 12. The lowest BCUT2D eigenvalue weighted by Crippen LogP contribution is -2.30. The van der Waals surface area contributed by atoms with Crippen molar-refractivity contribution in [3.05, 3.63) is 72.9 Å². The molecule has 0 heterocycles. The van der Waals surface area contributed by atoms with Crippen LogP contribution >= 0.6 is 0 Å². The normalized spacial score (nSPS) is 12.5. The largest absolute Gasteiger partial charge is 0.462 e. The zero-order chi connectivity index (χ0) is 59.9. The molecule has 83 heavy (non-hydrogen) atoms. The predicted octanol–water partition coefficient (Wildman–Crippen LogP) is 25.2. The summed E-state index contributed by atoms with van der Waals surface area (Å²) in [6, 6.07) is 0. The quantitative estimate of drug-likeness (QED) is 0.0261. The molecule has 1 unspecified atom stereocenters. The Morgan fingerprint density at radius 2 is 0.470 bits per heavy atom. The zero-order valence-corrected chi connectivity index (χ0v) is 55.5. The maximum atomic E-state index is 13.0. The molecule has 0 saturated carbocycles. The van der Waals surface area contributed by atoms with Crippen molar-refractivity contribution in [1.29, 1.82) is 0 Å². The fourth-order valence-corrected chi connectivity index (χ4v) is 10.7. The van der Waals surface area contributed by atoms with Crippen LogP contribution in [0.5, 0.6) is 0 Å². The van der Waals surface area contributed by atoms with Crippen molar-refractivity contribution in [1.82, 2.24) is 0 Å². The van der Waals surface area contributed by atoms with Gasteiger partial charge in [-0.1, -0.05) is 325 Å². The van der Waals surface area contributed by atoms with Crippen LogP contribution in [0.1, 0.15) is 380 Å². The zero-order valence-electron chi connectivity index (χ0n) is 55.5. The number of carbonyl (C=O) groups excluding carboxylic acids is 3. The van der Waals surface area contributed by atoms with Gasteiger partial charge >= 0.3 is 17.9 Å². The third-order valence-corrected chi connectivity index (χ3v) is 16.2. The average molecular weight is 1160 g/mol. The number of carbonyl (C=O) groups is 3. The van der Waals surface area contributed by atoms with Gasteiger partial charge < -0.3 is 14.2 Å². The Hall–Kier alpha value is -3.15. The van der Waals surface area contributed by atoms with Gasteiger partial charge in [-0.25, -0.2) is 0 Å². The Bertz CT molecular complexity index is 1520. The molecule has 0 spiro atoms. The van der Waals surface area contributed by atoms with Crippen molar-refractivity contribution < 1.29 is 28.6 Å². The topological polar surface area (TPSA) is 78.9 Å². The van der Waals surface area contributed by atoms with Gasteiger partial charge in [0.05, 0.1) is 0 Å². The molecule has 0 bridgehead atoms. The first-order valence-electron chi connectivity index (χ1n) is 36.4. The van der Waals surface area contributed by atoms with Gasteiger partial charge in [0.25, 0.3) is 0 Å². The second-order valence-electron chi connectivity index (χ2n) is 24.5. The molecule has 482 valence electrons. The molecule has 0 aromatic heterocycles. The van der Waals surface area contributed by atoms with Crippen LogP contribution in [-0.2, 0) is 28.6 Å². The fraction of sp³-hybridized carbons (Fsp3) is 0.805. The fourth-order valence-electron chi connectivity index (χ4n) is 10.7. The molecular formula is C77H138O6. The standard InChI is InChI=1S/C77H138O6/c1-4-7-10-13-16-19-22-25-28-31-32-33-34-35-36-37-38-39-40-41-42-43-44-47-49-52-55-58-61-64-67-70-76(79)82-73-74(83-77(80)71-68-65-62-59-56-53-50-46-30-27-24-21-18-15-12-9-6-3)72-81-75(78)69-66-63-60-57-54-51-48-45-29-26-23-20-17-14-11-8-5-2/h7,10,16,19,25-30,32-33,74H,4-6,8-9,11-15,17-18,20-24,31,34-73H2,1-3H3/b10-7-,19-16-,28-25-,29-26-,30-27-,33-32-. The van der Waals surface area contributed by atoms with E-state index in [1.807, 2.05) is 0 Å². The molecule has 6 heteroatoms. The van der Waals surface area contributed by atoms with E-state index in [0.717, 1.165) is 83.5 Å². The van der Waals surface area contributed by atoms with Crippen molar-refractivity contribution in [2.75, 3.05) is 13.2 Å². The molecule has 0 aliphatic heterocycles. The summed E-state index contributed by atoms with van der Waals surface area (Å²) in [6.07, 6.45) is 93.6. The Morgan fingerprint density at radius 1 is 0.253 bits per heavy atom. The van der Waals surface area contributed by atoms with Gasteiger partial charge in [-0.15, -0.1) is 0 Å². The van der Waals surface area contributed by atoms with Gasteiger partial charge in [0.1, 0.15) is 13.2 Å². The molecule has 0 rings (SSSR count). The van der Waals surface area contributed by atoms with Crippen molar-refractivity contribution in [3.8, 4) is 0 Å². The van der Waals surface area contributed by atoms with E-state index in [1.165, 1.54) is 257 Å². The number of hydrogen-bond donors (Lipinski definition) is 0. The highest BCUT2D eigenvalue weighted by Crippen LogP contribution is 2.18. The second-order valence-corrected chi connectivity index (χ2v) is 24.5. The van der Waals surface area contributed by atoms with Gasteiger partial charge in [0, 0.05) is 19.3 Å². The summed E-state index contributed by atoms with van der Waals surface area (Å²) in [5.74, 6) is -0.858. The lowest BCUT2D eigenvalue weighted by Gasteiger charge is -2.18. The van der Waals surface area contributed by atoms with E-state index in [0.29, 0.717) is 19.3 Å². The molecule has 0 amide bonds. The minimum Gasteiger partial charge on any atom is -0.462 e. The Kier molecular flexibility index (Phi) is 68.6. The van der Waals surface area contributed by atoms with Crippen molar-refractivity contribution in [2.24, 2.45) is 0 Å². The molecule has 0 saturated heterocycles. The smallest absolute Gasteiger partial charge is 0.306 e. The second kappa shape index (κ2) is 71.3. The highest BCUT2D eigenvalue weighted by Gasteiger charge is 2.19. The number of unbranched alkanes of at least 4 members (excludes halogenated alkanes) is 44. The van der Waals surface area contributed by atoms with Crippen molar-refractivity contribution in [2.45, 2.75) is 386 Å². The summed E-state index contributed by atoms with van der Waals surface area (Å²) in [7, 11) is 0. The van der Waals surface area contributed by atoms with Crippen molar-refractivity contribution >= 4 is 17.9 Å². The SMILES string of the molecule is CC/C=C\C/C=C\C/C=C\C/C=C\CCCCCCCCCCCCCCCCCCCCC(=O)OCC(COC(=O)CCCCCCCCC/C=C\CCCCCCCC)OC(=O)CCCCCCCCC/C=C\CCCCCCCC. The minimum atomic E-state index is -0.779. The predicted molar refractivity (Wildman–Crippen MR) is 362 cm³/mol. The number of esters is 3. The highest BCUT2D eigenvalue weighted by molar-refractivity contribution is 5.71. The van der Waals surface area contributed by atoms with Crippen LogP contribution in [0.15, 0.2) is 72.9 Å². The average Bonchev–Trinajstić information content (AvgIpc) is 3.49. The van der Waals surface area contributed by atoms with Gasteiger partial charge in [-0.05, 0) is 109 Å². The van der Waals surface area contributed by atoms with Gasteiger partial charge in [-0.3, -0.25) is 14.4 Å². The summed E-state index contributed by atoms with van der Waals surface area (Å²) < 4.78 is 17.0. The molecular weight excluding hydrogens is 1020 g/mol. The van der Waals surface area contributed by atoms with Crippen LogP contribution in [0.4, 0.5) is 0 Å². The molecule has 6 nitrogen and oxygen atoms in total. The minimum absolute atomic E-state index is 0.0738. The van der Waals surface area contributed by atoms with E-state index in [1.54, 1.807) is 0 Å². The summed E-state index contributed by atoms with van der Waals surface area (Å²) in [6.45, 7) is 6.57. The van der Waals surface area contributed by atoms with Crippen LogP contribution in [0.3, 0.4) is 0 Å². The highest BCUT2D eigenvalue weighted by atomic mass is 16.6. The van der Waals surface area contributed by atoms with Crippen molar-refractivity contribution in [3.63, 3.8) is 0 Å². The van der Waals surface area contributed by atoms with Crippen LogP contribution in [0.25, 0.3) is 0 Å². The lowest BCUT2D eigenvalue weighted by atomic mass is 10.0.